The number of hydrogen-bond donors (Lipinski definition) is 0. The van der Waals surface area contributed by atoms with Crippen molar-refractivity contribution in [3.63, 3.8) is 0 Å². The summed E-state index contributed by atoms with van der Waals surface area (Å²) in [4.78, 5) is 0.961. The molecule has 0 aromatic heterocycles. The summed E-state index contributed by atoms with van der Waals surface area (Å²) in [7, 11) is -0.926. The molecule has 0 bridgehead atoms. The maximum absolute atomic E-state index is 13.0. The average Bonchev–Trinajstić information content (AvgIpc) is 3.25. The van der Waals surface area contributed by atoms with Crippen molar-refractivity contribution in [1.29, 1.82) is 0 Å². The molecular formula is C19H26O2S. The summed E-state index contributed by atoms with van der Waals surface area (Å²) in [6.45, 7) is 4.39. The smallest absolute Gasteiger partial charge is 0.116 e. The summed E-state index contributed by atoms with van der Waals surface area (Å²) in [6.07, 6.45) is 8.96. The molecule has 1 heterocycles. The van der Waals surface area contributed by atoms with Crippen LogP contribution in [0.1, 0.15) is 52.4 Å². The lowest BCUT2D eigenvalue weighted by atomic mass is 9.84. The van der Waals surface area contributed by atoms with Crippen LogP contribution in [0.5, 0.6) is 0 Å². The maximum Gasteiger partial charge on any atom is 0.116 e. The van der Waals surface area contributed by atoms with Gasteiger partial charge in [-0.3, -0.25) is 4.21 Å². The summed E-state index contributed by atoms with van der Waals surface area (Å²) in [6, 6.07) is 9.92. The third kappa shape index (κ3) is 2.93. The summed E-state index contributed by atoms with van der Waals surface area (Å²) in [5, 5.41) is 0.216. The number of allylic oxidation sites excluding steroid dienone is 1. The molecule has 0 amide bonds. The van der Waals surface area contributed by atoms with E-state index in [4.69, 9.17) is 4.74 Å². The minimum atomic E-state index is -0.926. The topological polar surface area (TPSA) is 29.6 Å². The van der Waals surface area contributed by atoms with Crippen LogP contribution in [0.25, 0.3) is 0 Å². The van der Waals surface area contributed by atoms with Crippen molar-refractivity contribution in [2.24, 2.45) is 0 Å². The van der Waals surface area contributed by atoms with Crippen molar-refractivity contribution in [3.8, 4) is 0 Å². The fourth-order valence-electron chi connectivity index (χ4n) is 3.82. The number of rotatable bonds is 4. The van der Waals surface area contributed by atoms with Crippen LogP contribution in [0.15, 0.2) is 46.9 Å². The fourth-order valence-corrected chi connectivity index (χ4v) is 5.34. The molecule has 4 atom stereocenters. The highest BCUT2D eigenvalue weighted by Gasteiger charge is 2.57. The van der Waals surface area contributed by atoms with E-state index in [2.05, 4.69) is 19.9 Å². The lowest BCUT2D eigenvalue weighted by Gasteiger charge is -2.24. The Kier molecular flexibility index (Phi) is 4.84. The molecule has 0 radical (unpaired) electrons. The predicted octanol–water partition coefficient (Wildman–Crippen LogP) is 4.62. The zero-order valence-electron chi connectivity index (χ0n) is 13.6. The van der Waals surface area contributed by atoms with Crippen molar-refractivity contribution in [1.82, 2.24) is 0 Å². The lowest BCUT2D eigenvalue weighted by Crippen LogP contribution is -2.27. The minimum absolute atomic E-state index is 0.0322. The first-order valence-electron chi connectivity index (χ1n) is 8.54. The summed E-state index contributed by atoms with van der Waals surface area (Å²) in [5.41, 5.74) is 1.37. The van der Waals surface area contributed by atoms with Gasteiger partial charge in [-0.25, -0.2) is 0 Å². The molecule has 1 aliphatic carbocycles. The number of fused-ring (bicyclic) bond motifs is 1. The van der Waals surface area contributed by atoms with E-state index in [0.717, 1.165) is 43.4 Å². The Bertz CT molecular complexity index is 566. The van der Waals surface area contributed by atoms with E-state index in [9.17, 15) is 4.21 Å². The third-order valence-corrected chi connectivity index (χ3v) is 6.80. The standard InChI is InChI=1S/C19H26O2S/c1-3-9-15-14-17(22(20)16-10-6-5-7-11-16)12-8-13-18-19(15,4-2)21-18/h5-7,9-11,17-18H,3-4,8,12-14H2,1-2H3/b15-9+/t17-,18-,19+,22?/m1/s1. The highest BCUT2D eigenvalue weighted by molar-refractivity contribution is 7.85. The lowest BCUT2D eigenvalue weighted by molar-refractivity contribution is 0.309. The molecule has 3 rings (SSSR count). The first kappa shape index (κ1) is 15.9. The second-order valence-electron chi connectivity index (χ2n) is 6.35. The van der Waals surface area contributed by atoms with E-state index >= 15 is 0 Å². The van der Waals surface area contributed by atoms with Crippen LogP contribution in [0.4, 0.5) is 0 Å². The summed E-state index contributed by atoms with van der Waals surface area (Å²) in [5.74, 6) is 0. The van der Waals surface area contributed by atoms with Gasteiger partial charge in [0.2, 0.25) is 0 Å². The van der Waals surface area contributed by atoms with E-state index in [1.54, 1.807) is 0 Å². The molecule has 1 aliphatic heterocycles. The van der Waals surface area contributed by atoms with Crippen LogP contribution in [0, 0.1) is 0 Å². The van der Waals surface area contributed by atoms with Gasteiger partial charge in [-0.1, -0.05) is 38.1 Å². The van der Waals surface area contributed by atoms with Gasteiger partial charge < -0.3 is 4.74 Å². The Balaban J connectivity index is 1.84. The Morgan fingerprint density at radius 2 is 2.05 bits per heavy atom. The zero-order chi connectivity index (χ0) is 15.6. The summed E-state index contributed by atoms with van der Waals surface area (Å²) < 4.78 is 19.1. The van der Waals surface area contributed by atoms with Gasteiger partial charge in [0.15, 0.2) is 0 Å². The third-order valence-electron chi connectivity index (χ3n) is 5.05. The van der Waals surface area contributed by atoms with E-state index in [1.807, 2.05) is 30.3 Å². The van der Waals surface area contributed by atoms with Gasteiger partial charge in [-0.05, 0) is 56.2 Å². The Morgan fingerprint density at radius 3 is 2.73 bits per heavy atom. The van der Waals surface area contributed by atoms with Crippen LogP contribution in [0.2, 0.25) is 0 Å². The molecular weight excluding hydrogens is 292 g/mol. The molecule has 1 saturated carbocycles. The molecule has 1 aromatic rings. The molecule has 1 aromatic carbocycles. The Labute approximate surface area is 136 Å². The molecule has 120 valence electrons. The molecule has 1 saturated heterocycles. The molecule has 2 aliphatic rings. The van der Waals surface area contributed by atoms with E-state index in [1.165, 1.54) is 5.57 Å². The van der Waals surface area contributed by atoms with Crippen LogP contribution in [-0.2, 0) is 15.5 Å². The predicted molar refractivity (Wildman–Crippen MR) is 91.4 cm³/mol. The van der Waals surface area contributed by atoms with Crippen LogP contribution < -0.4 is 0 Å². The quantitative estimate of drug-likeness (QED) is 0.599. The largest absolute Gasteiger partial charge is 0.361 e. The highest BCUT2D eigenvalue weighted by Crippen LogP contribution is 2.51. The number of ether oxygens (including phenoxy) is 1. The van der Waals surface area contributed by atoms with Gasteiger partial charge in [-0.2, -0.15) is 0 Å². The Morgan fingerprint density at radius 1 is 1.27 bits per heavy atom. The maximum atomic E-state index is 13.0. The molecule has 1 unspecified atom stereocenters. The molecule has 2 nitrogen and oxygen atoms in total. The van der Waals surface area contributed by atoms with Crippen molar-refractivity contribution in [3.05, 3.63) is 42.0 Å². The fraction of sp³-hybridized carbons (Fsp3) is 0.579. The number of hydrogen-bond acceptors (Lipinski definition) is 2. The van der Waals surface area contributed by atoms with Crippen molar-refractivity contribution >= 4 is 10.8 Å². The van der Waals surface area contributed by atoms with Crippen molar-refractivity contribution < 1.29 is 8.95 Å². The normalized spacial score (nSPS) is 34.5. The first-order valence-corrected chi connectivity index (χ1v) is 9.75. The molecule has 3 heteroatoms. The monoisotopic (exact) mass is 318 g/mol. The van der Waals surface area contributed by atoms with Crippen LogP contribution in [-0.4, -0.2) is 21.2 Å². The average molecular weight is 318 g/mol. The number of epoxide rings is 1. The molecule has 0 spiro atoms. The van der Waals surface area contributed by atoms with E-state index < -0.39 is 10.8 Å². The highest BCUT2D eigenvalue weighted by atomic mass is 32.2. The van der Waals surface area contributed by atoms with Gasteiger partial charge in [0.05, 0.1) is 16.9 Å². The van der Waals surface area contributed by atoms with E-state index in [-0.39, 0.29) is 10.9 Å². The molecule has 0 N–H and O–H groups in total. The van der Waals surface area contributed by atoms with Gasteiger partial charge in [0.1, 0.15) is 5.60 Å². The SMILES string of the molecule is CC/C=C1\C[C@H](S(=O)c2ccccc2)CCC[C@H]2O[C@@]12CC. The Hall–Kier alpha value is -0.930. The zero-order valence-corrected chi connectivity index (χ0v) is 14.4. The van der Waals surface area contributed by atoms with Crippen molar-refractivity contribution in [2.45, 2.75) is 74.2 Å². The second-order valence-corrected chi connectivity index (χ2v) is 8.09. The molecule has 22 heavy (non-hydrogen) atoms. The second kappa shape index (κ2) is 6.67. The first-order chi connectivity index (χ1) is 10.7. The van der Waals surface area contributed by atoms with Gasteiger partial charge in [0.25, 0.3) is 0 Å². The minimum Gasteiger partial charge on any atom is -0.361 e. The van der Waals surface area contributed by atoms with E-state index in [0.29, 0.717) is 6.10 Å². The van der Waals surface area contributed by atoms with Crippen LogP contribution in [0.3, 0.4) is 0 Å². The van der Waals surface area contributed by atoms with Gasteiger partial charge >= 0.3 is 0 Å². The van der Waals surface area contributed by atoms with Crippen LogP contribution >= 0.6 is 0 Å². The molecule has 2 fully saturated rings. The van der Waals surface area contributed by atoms with Crippen molar-refractivity contribution in [2.75, 3.05) is 0 Å². The van der Waals surface area contributed by atoms with Gasteiger partial charge in [-0.15, -0.1) is 0 Å². The number of benzene rings is 1. The van der Waals surface area contributed by atoms with Gasteiger partial charge in [0, 0.05) is 10.1 Å². The summed E-state index contributed by atoms with van der Waals surface area (Å²) >= 11 is 0.